The van der Waals surface area contributed by atoms with Crippen molar-refractivity contribution in [3.05, 3.63) is 27.8 Å². The average Bonchev–Trinajstić information content (AvgIpc) is 2.05. The van der Waals surface area contributed by atoms with Gasteiger partial charge in [-0.25, -0.2) is 0 Å². The van der Waals surface area contributed by atoms with Crippen LogP contribution in [-0.2, 0) is 0 Å². The molecular formula is C10H15ClIN. The predicted molar refractivity (Wildman–Crippen MR) is 69.8 cm³/mol. The van der Waals surface area contributed by atoms with Gasteiger partial charge in [-0.2, -0.15) is 0 Å². The summed E-state index contributed by atoms with van der Waals surface area (Å²) in [7, 11) is 0. The van der Waals surface area contributed by atoms with Crippen LogP contribution in [0.25, 0.3) is 0 Å². The van der Waals surface area contributed by atoms with E-state index in [4.69, 9.17) is 0 Å². The Bertz CT molecular complexity index is 240. The Balaban J connectivity index is 0.00000144. The molecule has 0 heterocycles. The summed E-state index contributed by atoms with van der Waals surface area (Å²) in [6, 6.07) is 8.45. The molecule has 0 fully saturated rings. The van der Waals surface area contributed by atoms with Crippen molar-refractivity contribution >= 4 is 40.7 Å². The van der Waals surface area contributed by atoms with Crippen molar-refractivity contribution < 1.29 is 0 Å². The van der Waals surface area contributed by atoms with E-state index in [1.54, 1.807) is 0 Å². The third-order valence-corrected chi connectivity index (χ3v) is 2.36. The summed E-state index contributed by atoms with van der Waals surface area (Å²) in [5, 5.41) is 3.38. The van der Waals surface area contributed by atoms with Crippen molar-refractivity contribution in [1.82, 2.24) is 0 Å². The topological polar surface area (TPSA) is 12.0 Å². The molecule has 0 radical (unpaired) electrons. The highest BCUT2D eigenvalue weighted by molar-refractivity contribution is 14.1. The van der Waals surface area contributed by atoms with E-state index in [1.165, 1.54) is 22.1 Å². The lowest BCUT2D eigenvalue weighted by Gasteiger charge is -2.04. The van der Waals surface area contributed by atoms with Crippen LogP contribution in [0.3, 0.4) is 0 Å². The van der Waals surface area contributed by atoms with E-state index in [-0.39, 0.29) is 12.4 Å². The molecular weight excluding hydrogens is 296 g/mol. The summed E-state index contributed by atoms with van der Waals surface area (Å²) in [6.45, 7) is 3.28. The van der Waals surface area contributed by atoms with Crippen molar-refractivity contribution in [2.75, 3.05) is 11.9 Å². The van der Waals surface area contributed by atoms with Crippen LogP contribution in [0.2, 0.25) is 0 Å². The van der Waals surface area contributed by atoms with Gasteiger partial charge in [-0.15, -0.1) is 12.4 Å². The Kier molecular flexibility index (Phi) is 7.47. The molecule has 0 atom stereocenters. The molecule has 0 bridgehead atoms. The fourth-order valence-electron chi connectivity index (χ4n) is 1.01. The smallest absolute Gasteiger partial charge is 0.0350 e. The monoisotopic (exact) mass is 311 g/mol. The SMILES string of the molecule is CCCCNc1cccc(I)c1.Cl. The van der Waals surface area contributed by atoms with E-state index >= 15 is 0 Å². The van der Waals surface area contributed by atoms with Crippen LogP contribution >= 0.6 is 35.0 Å². The number of nitrogens with one attached hydrogen (secondary N) is 1. The molecule has 0 aliphatic heterocycles. The van der Waals surface area contributed by atoms with Crippen molar-refractivity contribution in [2.45, 2.75) is 19.8 Å². The zero-order valence-electron chi connectivity index (χ0n) is 7.72. The van der Waals surface area contributed by atoms with Crippen LogP contribution in [0.1, 0.15) is 19.8 Å². The second kappa shape index (κ2) is 7.44. The maximum atomic E-state index is 3.38. The second-order valence-corrected chi connectivity index (χ2v) is 4.04. The molecule has 1 aromatic rings. The molecule has 0 aliphatic rings. The number of rotatable bonds is 4. The molecule has 0 unspecified atom stereocenters. The lowest BCUT2D eigenvalue weighted by Crippen LogP contribution is -2.00. The fourth-order valence-corrected chi connectivity index (χ4v) is 1.55. The Hall–Kier alpha value is 0.0400. The summed E-state index contributed by atoms with van der Waals surface area (Å²) < 4.78 is 1.29. The molecule has 1 nitrogen and oxygen atoms in total. The first-order valence-corrected chi connectivity index (χ1v) is 5.40. The van der Waals surface area contributed by atoms with Gasteiger partial charge in [-0.05, 0) is 47.2 Å². The normalized spacial score (nSPS) is 9.08. The fraction of sp³-hybridized carbons (Fsp3) is 0.400. The maximum Gasteiger partial charge on any atom is 0.0350 e. The lowest BCUT2D eigenvalue weighted by atomic mass is 10.3. The molecule has 0 aliphatic carbocycles. The van der Waals surface area contributed by atoms with E-state index in [1.807, 2.05) is 0 Å². The standard InChI is InChI=1S/C10H14IN.ClH/c1-2-3-7-12-10-6-4-5-9(11)8-10;/h4-6,8,12H,2-3,7H2,1H3;1H. The molecule has 1 aromatic carbocycles. The van der Waals surface area contributed by atoms with Crippen molar-refractivity contribution in [3.8, 4) is 0 Å². The number of hydrogen-bond acceptors (Lipinski definition) is 1. The summed E-state index contributed by atoms with van der Waals surface area (Å²) in [4.78, 5) is 0. The quantitative estimate of drug-likeness (QED) is 0.656. The average molecular weight is 312 g/mol. The molecule has 13 heavy (non-hydrogen) atoms. The minimum atomic E-state index is 0. The summed E-state index contributed by atoms with van der Waals surface area (Å²) in [5.41, 5.74) is 1.23. The van der Waals surface area contributed by atoms with Gasteiger partial charge in [-0.1, -0.05) is 19.4 Å². The van der Waals surface area contributed by atoms with Gasteiger partial charge in [0.25, 0.3) is 0 Å². The van der Waals surface area contributed by atoms with Gasteiger partial charge < -0.3 is 5.32 Å². The highest BCUT2D eigenvalue weighted by atomic mass is 127. The minimum absolute atomic E-state index is 0. The molecule has 0 amide bonds. The van der Waals surface area contributed by atoms with Crippen molar-refractivity contribution in [1.29, 1.82) is 0 Å². The maximum absolute atomic E-state index is 3.38. The van der Waals surface area contributed by atoms with Crippen LogP contribution in [0.15, 0.2) is 24.3 Å². The van der Waals surface area contributed by atoms with Gasteiger partial charge in [0.1, 0.15) is 0 Å². The first-order valence-electron chi connectivity index (χ1n) is 4.32. The number of benzene rings is 1. The second-order valence-electron chi connectivity index (χ2n) is 2.79. The number of unbranched alkanes of at least 4 members (excludes halogenated alkanes) is 1. The molecule has 0 saturated heterocycles. The van der Waals surface area contributed by atoms with E-state index in [0.717, 1.165) is 6.54 Å². The summed E-state index contributed by atoms with van der Waals surface area (Å²) in [6.07, 6.45) is 2.49. The number of anilines is 1. The third kappa shape index (κ3) is 5.37. The zero-order valence-corrected chi connectivity index (χ0v) is 10.7. The molecule has 0 aromatic heterocycles. The summed E-state index contributed by atoms with van der Waals surface area (Å²) >= 11 is 2.33. The van der Waals surface area contributed by atoms with Crippen molar-refractivity contribution in [3.63, 3.8) is 0 Å². The highest BCUT2D eigenvalue weighted by Crippen LogP contribution is 2.12. The Morgan fingerprint density at radius 2 is 2.15 bits per heavy atom. The van der Waals surface area contributed by atoms with E-state index in [0.29, 0.717) is 0 Å². The molecule has 3 heteroatoms. The highest BCUT2D eigenvalue weighted by Gasteiger charge is 1.90. The van der Waals surface area contributed by atoms with Gasteiger partial charge in [-0.3, -0.25) is 0 Å². The van der Waals surface area contributed by atoms with E-state index < -0.39 is 0 Å². The van der Waals surface area contributed by atoms with Crippen LogP contribution in [-0.4, -0.2) is 6.54 Å². The van der Waals surface area contributed by atoms with Crippen LogP contribution in [0, 0.1) is 3.57 Å². The van der Waals surface area contributed by atoms with Gasteiger partial charge in [0.05, 0.1) is 0 Å². The van der Waals surface area contributed by atoms with Crippen LogP contribution in [0.4, 0.5) is 5.69 Å². The lowest BCUT2D eigenvalue weighted by molar-refractivity contribution is 0.834. The van der Waals surface area contributed by atoms with Gasteiger partial charge in [0.2, 0.25) is 0 Å². The molecule has 0 spiro atoms. The summed E-state index contributed by atoms with van der Waals surface area (Å²) in [5.74, 6) is 0. The largest absolute Gasteiger partial charge is 0.385 e. The molecule has 1 rings (SSSR count). The Labute approximate surface area is 99.9 Å². The zero-order chi connectivity index (χ0) is 8.81. The first kappa shape index (κ1) is 13.0. The molecule has 1 N–H and O–H groups in total. The van der Waals surface area contributed by atoms with E-state index in [9.17, 15) is 0 Å². The number of hydrogen-bond donors (Lipinski definition) is 1. The number of halogens is 2. The predicted octanol–water partition coefficient (Wildman–Crippen LogP) is 3.93. The van der Waals surface area contributed by atoms with Gasteiger partial charge in [0, 0.05) is 15.8 Å². The van der Waals surface area contributed by atoms with Crippen molar-refractivity contribution in [2.24, 2.45) is 0 Å². The minimum Gasteiger partial charge on any atom is -0.385 e. The van der Waals surface area contributed by atoms with Gasteiger partial charge >= 0.3 is 0 Å². The van der Waals surface area contributed by atoms with E-state index in [2.05, 4.69) is 59.1 Å². The Morgan fingerprint density at radius 3 is 2.77 bits per heavy atom. The van der Waals surface area contributed by atoms with Crippen LogP contribution < -0.4 is 5.32 Å². The molecule has 74 valence electrons. The molecule has 0 saturated carbocycles. The van der Waals surface area contributed by atoms with Gasteiger partial charge in [0.15, 0.2) is 0 Å². The third-order valence-electron chi connectivity index (χ3n) is 1.68. The van der Waals surface area contributed by atoms with Crippen LogP contribution in [0.5, 0.6) is 0 Å². The Morgan fingerprint density at radius 1 is 1.38 bits per heavy atom. The first-order chi connectivity index (χ1) is 5.83.